The molecule has 0 saturated heterocycles. The van der Waals surface area contributed by atoms with E-state index in [0.717, 1.165) is 11.1 Å². The van der Waals surface area contributed by atoms with Crippen molar-refractivity contribution in [2.45, 2.75) is 58.8 Å². The molecule has 0 saturated carbocycles. The van der Waals surface area contributed by atoms with E-state index in [-0.39, 0.29) is 12.3 Å². The molecule has 0 aliphatic rings. The fourth-order valence-corrected chi connectivity index (χ4v) is 2.67. The van der Waals surface area contributed by atoms with Gasteiger partial charge in [-0.2, -0.15) is 0 Å². The van der Waals surface area contributed by atoms with Crippen LogP contribution in [0.15, 0.2) is 65.7 Å². The lowest BCUT2D eigenvalue weighted by Crippen LogP contribution is -2.32. The summed E-state index contributed by atoms with van der Waals surface area (Å²) in [6, 6.07) is 18.5. The quantitative estimate of drug-likeness (QED) is 0.486. The number of benzene rings is 2. The zero-order valence-corrected chi connectivity index (χ0v) is 17.6. The number of aryl methyl sites for hydroxylation is 1. The summed E-state index contributed by atoms with van der Waals surface area (Å²) in [5, 5.41) is 0. The lowest BCUT2D eigenvalue weighted by atomic mass is 10.1. The normalized spacial score (nSPS) is 12.9. The van der Waals surface area contributed by atoms with Gasteiger partial charge in [0.2, 0.25) is 0 Å². The zero-order valence-electron chi connectivity index (χ0n) is 17.6. The third kappa shape index (κ3) is 8.30. The highest BCUT2D eigenvalue weighted by Gasteiger charge is 2.25. The Labute approximate surface area is 172 Å². The third-order valence-electron chi connectivity index (χ3n) is 4.09. The molecule has 29 heavy (non-hydrogen) atoms. The summed E-state index contributed by atoms with van der Waals surface area (Å²) in [5.74, 6) is -0.981. The van der Waals surface area contributed by atoms with Gasteiger partial charge in [0.05, 0.1) is 0 Å². The Morgan fingerprint density at radius 2 is 1.48 bits per heavy atom. The Kier molecular flexibility index (Phi) is 8.13. The van der Waals surface area contributed by atoms with E-state index in [2.05, 4.69) is 4.99 Å². The smallest absolute Gasteiger partial charge is 0.352 e. The maximum Gasteiger partial charge on any atom is 0.352 e. The molecule has 5 nitrogen and oxygen atoms in total. The van der Waals surface area contributed by atoms with Gasteiger partial charge in [-0.3, -0.25) is 4.99 Å². The Morgan fingerprint density at radius 1 is 0.931 bits per heavy atom. The van der Waals surface area contributed by atoms with Gasteiger partial charge in [-0.1, -0.05) is 60.7 Å². The molecule has 0 aliphatic carbocycles. The average Bonchev–Trinajstić information content (AvgIpc) is 2.69. The lowest BCUT2D eigenvalue weighted by molar-refractivity contribution is -0.156. The van der Waals surface area contributed by atoms with Gasteiger partial charge in [0.15, 0.2) is 0 Å². The monoisotopic (exact) mass is 395 g/mol. The van der Waals surface area contributed by atoms with Crippen LogP contribution in [0.4, 0.5) is 0 Å². The first kappa shape index (κ1) is 22.3. The molecule has 0 N–H and O–H groups in total. The van der Waals surface area contributed by atoms with Crippen LogP contribution in [-0.4, -0.2) is 29.3 Å². The van der Waals surface area contributed by atoms with E-state index in [0.29, 0.717) is 12.8 Å². The zero-order chi connectivity index (χ0) is 21.3. The molecule has 1 atom stereocenters. The van der Waals surface area contributed by atoms with Gasteiger partial charge in [0.25, 0.3) is 0 Å². The Hall–Kier alpha value is -2.95. The summed E-state index contributed by atoms with van der Waals surface area (Å²) >= 11 is 0. The maximum atomic E-state index is 12.6. The highest BCUT2D eigenvalue weighted by atomic mass is 16.6. The van der Waals surface area contributed by atoms with Crippen molar-refractivity contribution in [1.82, 2.24) is 0 Å². The van der Waals surface area contributed by atoms with Crippen LogP contribution in [0.1, 0.15) is 45.2 Å². The van der Waals surface area contributed by atoms with Crippen LogP contribution in [0.3, 0.4) is 0 Å². The number of carbonyl (C=O) groups excluding carboxylic acids is 2. The fraction of sp³-hybridized carbons (Fsp3) is 0.375. The van der Waals surface area contributed by atoms with Crippen molar-refractivity contribution in [3.8, 4) is 0 Å². The van der Waals surface area contributed by atoms with Gasteiger partial charge in [0, 0.05) is 0 Å². The number of nitrogens with zero attached hydrogens (tertiary/aromatic N) is 1. The van der Waals surface area contributed by atoms with E-state index >= 15 is 0 Å². The Balaban J connectivity index is 2.06. The molecular weight excluding hydrogens is 366 g/mol. The van der Waals surface area contributed by atoms with Crippen LogP contribution < -0.4 is 0 Å². The molecule has 2 rings (SSSR count). The molecule has 0 fully saturated rings. The molecule has 0 spiro atoms. The van der Waals surface area contributed by atoms with E-state index in [4.69, 9.17) is 9.47 Å². The van der Waals surface area contributed by atoms with Crippen molar-refractivity contribution in [3.63, 3.8) is 0 Å². The number of carbonyl (C=O) groups is 2. The number of rotatable bonds is 8. The van der Waals surface area contributed by atoms with Gasteiger partial charge in [0.1, 0.15) is 24.0 Å². The molecular formula is C24H29NO4. The minimum atomic E-state index is -0.765. The lowest BCUT2D eigenvalue weighted by Gasteiger charge is -2.22. The number of ether oxygens (including phenoxy) is 2. The molecule has 0 bridgehead atoms. The molecule has 5 heteroatoms. The largest absolute Gasteiger partial charge is 0.458 e. The van der Waals surface area contributed by atoms with Gasteiger partial charge < -0.3 is 9.47 Å². The van der Waals surface area contributed by atoms with E-state index in [9.17, 15) is 9.59 Å². The van der Waals surface area contributed by atoms with E-state index in [1.165, 1.54) is 0 Å². The molecule has 0 amide bonds. The van der Waals surface area contributed by atoms with E-state index in [1.54, 1.807) is 6.92 Å². The highest BCUT2D eigenvalue weighted by Crippen LogP contribution is 2.15. The predicted molar refractivity (Wildman–Crippen MR) is 114 cm³/mol. The second-order valence-electron chi connectivity index (χ2n) is 7.85. The number of aliphatic imine (C=N–C) groups is 1. The van der Waals surface area contributed by atoms with Gasteiger partial charge in [-0.05, 0) is 51.7 Å². The maximum absolute atomic E-state index is 12.6. The molecule has 2 aromatic rings. The Bertz CT molecular complexity index is 823. The van der Waals surface area contributed by atoms with E-state index in [1.807, 2.05) is 81.4 Å². The topological polar surface area (TPSA) is 65.0 Å². The van der Waals surface area contributed by atoms with Gasteiger partial charge >= 0.3 is 11.9 Å². The van der Waals surface area contributed by atoms with Crippen LogP contribution >= 0.6 is 0 Å². The van der Waals surface area contributed by atoms with Crippen molar-refractivity contribution in [2.75, 3.05) is 0 Å². The summed E-state index contributed by atoms with van der Waals surface area (Å²) in [6.07, 6.45) is 1.10. The first-order chi connectivity index (χ1) is 13.7. The summed E-state index contributed by atoms with van der Waals surface area (Å²) in [4.78, 5) is 29.3. The molecule has 0 heterocycles. The Morgan fingerprint density at radius 3 is 2.03 bits per heavy atom. The van der Waals surface area contributed by atoms with Crippen LogP contribution in [-0.2, 0) is 32.1 Å². The van der Waals surface area contributed by atoms with Crippen molar-refractivity contribution < 1.29 is 19.1 Å². The first-order valence-corrected chi connectivity index (χ1v) is 9.77. The van der Waals surface area contributed by atoms with E-state index < -0.39 is 23.6 Å². The minimum absolute atomic E-state index is 0.157. The van der Waals surface area contributed by atoms with Gasteiger partial charge in [-0.15, -0.1) is 0 Å². The van der Waals surface area contributed by atoms with Gasteiger partial charge in [-0.25, -0.2) is 9.59 Å². The molecule has 0 radical (unpaired) electrons. The standard InChI is InChI=1S/C24H29NO4/c1-18(22(26)28-17-20-13-9-6-10-14-20)25-21(23(27)29-24(2,3)4)16-15-19-11-7-5-8-12-19/h5-14,21H,15-17H2,1-4H3/t21-/m0/s1. The molecule has 0 unspecified atom stereocenters. The predicted octanol–water partition coefficient (Wildman–Crippen LogP) is 4.53. The third-order valence-corrected chi connectivity index (χ3v) is 4.09. The van der Waals surface area contributed by atoms with Crippen LogP contribution in [0.2, 0.25) is 0 Å². The number of hydrogen-bond donors (Lipinski definition) is 0. The van der Waals surface area contributed by atoms with Crippen molar-refractivity contribution in [2.24, 2.45) is 4.99 Å². The molecule has 0 aliphatic heterocycles. The molecule has 0 aromatic heterocycles. The average molecular weight is 395 g/mol. The van der Waals surface area contributed by atoms with Crippen LogP contribution in [0.25, 0.3) is 0 Å². The number of esters is 2. The summed E-state index contributed by atoms with van der Waals surface area (Å²) in [7, 11) is 0. The SMILES string of the molecule is CC(=N[C@@H](CCc1ccccc1)C(=O)OC(C)(C)C)C(=O)OCc1ccccc1. The van der Waals surface area contributed by atoms with Crippen molar-refractivity contribution >= 4 is 17.7 Å². The molecule has 154 valence electrons. The first-order valence-electron chi connectivity index (χ1n) is 9.77. The van der Waals surface area contributed by atoms with Crippen molar-refractivity contribution in [3.05, 3.63) is 71.8 Å². The highest BCUT2D eigenvalue weighted by molar-refractivity contribution is 6.35. The van der Waals surface area contributed by atoms with Crippen LogP contribution in [0, 0.1) is 0 Å². The van der Waals surface area contributed by atoms with Crippen LogP contribution in [0.5, 0.6) is 0 Å². The second kappa shape index (κ2) is 10.6. The fourth-order valence-electron chi connectivity index (χ4n) is 2.67. The second-order valence-corrected chi connectivity index (χ2v) is 7.85. The minimum Gasteiger partial charge on any atom is -0.458 e. The number of hydrogen-bond acceptors (Lipinski definition) is 5. The summed E-state index contributed by atoms with van der Waals surface area (Å²) < 4.78 is 10.8. The molecule has 2 aromatic carbocycles. The van der Waals surface area contributed by atoms with Crippen molar-refractivity contribution in [1.29, 1.82) is 0 Å². The summed E-state index contributed by atoms with van der Waals surface area (Å²) in [5.41, 5.74) is 1.52. The summed E-state index contributed by atoms with van der Waals surface area (Å²) in [6.45, 7) is 7.15.